The quantitative estimate of drug-likeness (QED) is 0.723. The van der Waals surface area contributed by atoms with E-state index in [-0.39, 0.29) is 29.9 Å². The van der Waals surface area contributed by atoms with E-state index in [0.717, 1.165) is 6.42 Å². The molecule has 1 aromatic carbocycles. The molecule has 2 saturated heterocycles. The van der Waals surface area contributed by atoms with Gasteiger partial charge in [-0.1, -0.05) is 32.4 Å². The van der Waals surface area contributed by atoms with Crippen LogP contribution in [0.3, 0.4) is 0 Å². The van der Waals surface area contributed by atoms with Crippen molar-refractivity contribution in [3.05, 3.63) is 34.9 Å². The first kappa shape index (κ1) is 22.1. The summed E-state index contributed by atoms with van der Waals surface area (Å²) in [5.74, 6) is 0.260. The minimum absolute atomic E-state index is 0.0181. The van der Waals surface area contributed by atoms with Crippen molar-refractivity contribution in [3.8, 4) is 0 Å². The summed E-state index contributed by atoms with van der Waals surface area (Å²) in [6, 6.07) is 6.60. The summed E-state index contributed by atoms with van der Waals surface area (Å²) in [5.41, 5.74) is -0.141. The zero-order valence-electron chi connectivity index (χ0n) is 18.5. The van der Waals surface area contributed by atoms with Crippen molar-refractivity contribution in [1.29, 1.82) is 0 Å². The summed E-state index contributed by atoms with van der Waals surface area (Å²) in [7, 11) is 0. The van der Waals surface area contributed by atoms with Gasteiger partial charge in [-0.2, -0.15) is 0 Å². The normalized spacial score (nSPS) is 28.8. The van der Waals surface area contributed by atoms with Gasteiger partial charge in [0, 0.05) is 36.8 Å². The first-order valence-electron chi connectivity index (χ1n) is 11.0. The van der Waals surface area contributed by atoms with E-state index in [1.807, 2.05) is 0 Å². The molecule has 0 aromatic heterocycles. The van der Waals surface area contributed by atoms with Gasteiger partial charge in [-0.25, -0.2) is 9.69 Å². The van der Waals surface area contributed by atoms with Gasteiger partial charge in [0.05, 0.1) is 6.67 Å². The summed E-state index contributed by atoms with van der Waals surface area (Å²) < 4.78 is 0. The molecule has 0 bridgehead atoms. The summed E-state index contributed by atoms with van der Waals surface area (Å²) in [4.78, 5) is 44.0. The highest BCUT2D eigenvalue weighted by Gasteiger charge is 2.56. The van der Waals surface area contributed by atoms with Gasteiger partial charge in [-0.15, -0.1) is 0 Å². The monoisotopic (exact) mass is 446 g/mol. The molecular weight excluding hydrogens is 416 g/mol. The van der Waals surface area contributed by atoms with Crippen LogP contribution < -0.4 is 5.32 Å². The van der Waals surface area contributed by atoms with Crippen LogP contribution in [0.1, 0.15) is 50.4 Å². The van der Waals surface area contributed by atoms with Crippen molar-refractivity contribution in [2.24, 2.45) is 11.3 Å². The minimum atomic E-state index is -0.773. The maximum Gasteiger partial charge on any atom is 0.326 e. The number of hydrogen-bond donors (Lipinski definition) is 1. The van der Waals surface area contributed by atoms with Gasteiger partial charge < -0.3 is 10.2 Å². The number of imide groups is 1. The Labute approximate surface area is 188 Å². The van der Waals surface area contributed by atoms with Gasteiger partial charge >= 0.3 is 6.03 Å². The maximum atomic E-state index is 13.3. The fraction of sp³-hybridized carbons (Fsp3) is 0.609. The highest BCUT2D eigenvalue weighted by atomic mass is 35.5. The number of carbonyl (C=O) groups is 3. The van der Waals surface area contributed by atoms with E-state index < -0.39 is 5.54 Å². The molecule has 1 N–H and O–H groups in total. The minimum Gasteiger partial charge on any atom is -0.336 e. The molecule has 4 amide bonds. The number of amides is 4. The van der Waals surface area contributed by atoms with Crippen molar-refractivity contribution in [2.75, 3.05) is 32.8 Å². The predicted octanol–water partition coefficient (Wildman–Crippen LogP) is 3.19. The van der Waals surface area contributed by atoms with E-state index in [2.05, 4.69) is 31.0 Å². The Morgan fingerprint density at radius 3 is 2.35 bits per heavy atom. The average molecular weight is 447 g/mol. The lowest BCUT2D eigenvalue weighted by Gasteiger charge is -2.44. The SMILES string of the molecule is CC1CC(C)(C)CC2(C1)NC(=O)N(CN1CCN(C(=O)c3ccc(Cl)cc3)CC1)C2=O. The molecule has 31 heavy (non-hydrogen) atoms. The number of piperazine rings is 1. The Kier molecular flexibility index (Phi) is 5.77. The number of benzene rings is 1. The summed E-state index contributed by atoms with van der Waals surface area (Å²) in [5, 5.41) is 3.63. The second-order valence-corrected chi connectivity index (χ2v) is 10.6. The average Bonchev–Trinajstić information content (AvgIpc) is 2.90. The van der Waals surface area contributed by atoms with Gasteiger partial charge in [0.25, 0.3) is 11.8 Å². The number of nitrogens with zero attached hydrogens (tertiary/aromatic N) is 3. The predicted molar refractivity (Wildman–Crippen MR) is 119 cm³/mol. The lowest BCUT2D eigenvalue weighted by molar-refractivity contribution is -0.136. The molecule has 1 aromatic rings. The Morgan fingerprint density at radius 1 is 1.10 bits per heavy atom. The number of rotatable bonds is 3. The van der Waals surface area contributed by atoms with E-state index in [4.69, 9.17) is 11.6 Å². The summed E-state index contributed by atoms with van der Waals surface area (Å²) in [6.07, 6.45) is 2.43. The second-order valence-electron chi connectivity index (χ2n) is 10.2. The van der Waals surface area contributed by atoms with Crippen molar-refractivity contribution >= 4 is 29.4 Å². The molecule has 1 saturated carbocycles. The van der Waals surface area contributed by atoms with Crippen LogP contribution in [0, 0.1) is 11.3 Å². The van der Waals surface area contributed by atoms with Crippen LogP contribution in [-0.2, 0) is 4.79 Å². The number of carbonyl (C=O) groups excluding carboxylic acids is 3. The van der Waals surface area contributed by atoms with Crippen LogP contribution >= 0.6 is 11.6 Å². The van der Waals surface area contributed by atoms with Crippen molar-refractivity contribution in [3.63, 3.8) is 0 Å². The highest BCUT2D eigenvalue weighted by molar-refractivity contribution is 6.30. The highest BCUT2D eigenvalue weighted by Crippen LogP contribution is 2.46. The largest absolute Gasteiger partial charge is 0.336 e. The third kappa shape index (κ3) is 4.44. The Balaban J connectivity index is 1.36. The number of urea groups is 1. The van der Waals surface area contributed by atoms with Crippen LogP contribution in [0.5, 0.6) is 0 Å². The van der Waals surface area contributed by atoms with Crippen LogP contribution in [0.25, 0.3) is 0 Å². The molecule has 1 aliphatic carbocycles. The molecule has 1 spiro atoms. The summed E-state index contributed by atoms with van der Waals surface area (Å²) in [6.45, 7) is 9.11. The zero-order valence-corrected chi connectivity index (χ0v) is 19.2. The molecule has 2 aliphatic heterocycles. The lowest BCUT2D eigenvalue weighted by atomic mass is 9.64. The molecular formula is C23H31ClN4O3. The van der Waals surface area contributed by atoms with Gasteiger partial charge in [0.15, 0.2) is 0 Å². The molecule has 8 heteroatoms. The second kappa shape index (κ2) is 8.10. The van der Waals surface area contributed by atoms with Crippen molar-refractivity contribution in [2.45, 2.75) is 45.6 Å². The first-order chi connectivity index (χ1) is 14.6. The number of halogens is 1. The van der Waals surface area contributed by atoms with Crippen LogP contribution in [0.4, 0.5) is 4.79 Å². The summed E-state index contributed by atoms with van der Waals surface area (Å²) >= 11 is 5.91. The van der Waals surface area contributed by atoms with E-state index in [9.17, 15) is 14.4 Å². The van der Waals surface area contributed by atoms with Gasteiger partial charge in [0.1, 0.15) is 5.54 Å². The molecule has 0 radical (unpaired) electrons. The fourth-order valence-electron chi connectivity index (χ4n) is 5.70. The third-order valence-electron chi connectivity index (χ3n) is 6.72. The molecule has 2 heterocycles. The Bertz CT molecular complexity index is 879. The van der Waals surface area contributed by atoms with Crippen LogP contribution in [0.2, 0.25) is 5.02 Å². The Morgan fingerprint density at radius 2 is 1.74 bits per heavy atom. The Hall–Kier alpha value is -2.12. The molecule has 168 valence electrons. The molecule has 3 aliphatic rings. The third-order valence-corrected chi connectivity index (χ3v) is 6.97. The topological polar surface area (TPSA) is 73.0 Å². The van der Waals surface area contributed by atoms with E-state index in [0.29, 0.717) is 55.5 Å². The lowest BCUT2D eigenvalue weighted by Crippen LogP contribution is -2.55. The maximum absolute atomic E-state index is 13.3. The van der Waals surface area contributed by atoms with Crippen LogP contribution in [-0.4, -0.2) is 70.9 Å². The molecule has 2 unspecified atom stereocenters. The number of hydrogen-bond acceptors (Lipinski definition) is 4. The van der Waals surface area contributed by atoms with Crippen LogP contribution in [0.15, 0.2) is 24.3 Å². The zero-order chi connectivity index (χ0) is 22.4. The standard InChI is InChI=1S/C23H31ClN4O3/c1-16-12-22(2,3)14-23(13-16)20(30)28(21(31)25-23)15-26-8-10-27(11-9-26)19(29)17-4-6-18(24)7-5-17/h4-7,16H,8-15H2,1-3H3,(H,25,31). The van der Waals surface area contributed by atoms with Gasteiger partial charge in [0.2, 0.25) is 0 Å². The molecule has 2 atom stereocenters. The first-order valence-corrected chi connectivity index (χ1v) is 11.4. The number of nitrogens with one attached hydrogen (secondary N) is 1. The fourth-order valence-corrected chi connectivity index (χ4v) is 5.83. The smallest absolute Gasteiger partial charge is 0.326 e. The van der Waals surface area contributed by atoms with E-state index >= 15 is 0 Å². The van der Waals surface area contributed by atoms with Crippen molar-refractivity contribution < 1.29 is 14.4 Å². The van der Waals surface area contributed by atoms with Gasteiger partial charge in [-0.3, -0.25) is 14.5 Å². The molecule has 4 rings (SSSR count). The van der Waals surface area contributed by atoms with Crippen molar-refractivity contribution in [1.82, 2.24) is 20.0 Å². The van der Waals surface area contributed by atoms with Gasteiger partial charge in [-0.05, 0) is 54.9 Å². The van der Waals surface area contributed by atoms with E-state index in [1.165, 1.54) is 4.90 Å². The molecule has 7 nitrogen and oxygen atoms in total. The van der Waals surface area contributed by atoms with E-state index in [1.54, 1.807) is 29.2 Å². The molecule has 3 fully saturated rings.